The van der Waals surface area contributed by atoms with Crippen molar-refractivity contribution in [1.29, 1.82) is 0 Å². The van der Waals surface area contributed by atoms with Crippen LogP contribution in [0.2, 0.25) is 0 Å². The highest BCUT2D eigenvalue weighted by atomic mass is 16.7. The maximum atomic E-state index is 11.8. The van der Waals surface area contributed by atoms with Gasteiger partial charge in [-0.25, -0.2) is 0 Å². The average Bonchev–Trinajstić information content (AvgIpc) is 2.37. The number of ether oxygens (including phenoxy) is 2. The highest BCUT2D eigenvalue weighted by Crippen LogP contribution is 2.22. The van der Waals surface area contributed by atoms with Gasteiger partial charge in [-0.3, -0.25) is 4.79 Å². The molecule has 3 nitrogen and oxygen atoms in total. The molecule has 0 saturated carbocycles. The Bertz CT molecular complexity index is 371. The van der Waals surface area contributed by atoms with E-state index in [0.29, 0.717) is 6.61 Å². The minimum Gasteiger partial charge on any atom is -0.436 e. The van der Waals surface area contributed by atoms with Gasteiger partial charge in [0.15, 0.2) is 0 Å². The first-order valence-electron chi connectivity index (χ1n) is 6.32. The van der Waals surface area contributed by atoms with Gasteiger partial charge >= 0.3 is 5.97 Å². The van der Waals surface area contributed by atoms with Crippen molar-refractivity contribution in [1.82, 2.24) is 0 Å². The van der Waals surface area contributed by atoms with Crippen LogP contribution in [0.5, 0.6) is 0 Å². The molecule has 1 aromatic rings. The number of hydrogen-bond acceptors (Lipinski definition) is 3. The van der Waals surface area contributed by atoms with Crippen LogP contribution in [-0.2, 0) is 20.9 Å². The number of carbonyl (C=O) groups is 1. The van der Waals surface area contributed by atoms with Crippen molar-refractivity contribution < 1.29 is 14.3 Å². The maximum absolute atomic E-state index is 11.8. The number of hydrogen-bond donors (Lipinski definition) is 0. The molecule has 3 heteroatoms. The van der Waals surface area contributed by atoms with E-state index in [1.165, 1.54) is 0 Å². The van der Waals surface area contributed by atoms with Crippen molar-refractivity contribution in [2.24, 2.45) is 5.41 Å². The number of carbonyl (C=O) groups excluding carboxylic acids is 1. The van der Waals surface area contributed by atoms with E-state index in [2.05, 4.69) is 0 Å². The molecule has 0 aromatic heterocycles. The van der Waals surface area contributed by atoms with Crippen LogP contribution < -0.4 is 0 Å². The van der Waals surface area contributed by atoms with Crippen LogP contribution in [0.25, 0.3) is 0 Å². The molecule has 0 saturated heterocycles. The van der Waals surface area contributed by atoms with E-state index in [4.69, 9.17) is 9.47 Å². The van der Waals surface area contributed by atoms with Crippen LogP contribution in [0.1, 0.15) is 39.7 Å². The summed E-state index contributed by atoms with van der Waals surface area (Å²) in [5.74, 6) is -0.217. The summed E-state index contributed by atoms with van der Waals surface area (Å²) in [6, 6.07) is 9.82. The number of benzene rings is 1. The summed E-state index contributed by atoms with van der Waals surface area (Å²) in [6.07, 6.45) is 0.223. The highest BCUT2D eigenvalue weighted by molar-refractivity contribution is 5.75. The summed E-state index contributed by atoms with van der Waals surface area (Å²) in [5, 5.41) is 0. The van der Waals surface area contributed by atoms with E-state index in [0.717, 1.165) is 12.0 Å². The SMILES string of the molecule is CCC(C)(C)C(=O)OC(C)OCc1ccccc1. The molecule has 1 rings (SSSR count). The summed E-state index contributed by atoms with van der Waals surface area (Å²) >= 11 is 0. The first-order chi connectivity index (χ1) is 8.45. The van der Waals surface area contributed by atoms with E-state index >= 15 is 0 Å². The van der Waals surface area contributed by atoms with Crippen LogP contribution in [0, 0.1) is 5.41 Å². The molecule has 0 aliphatic heterocycles. The van der Waals surface area contributed by atoms with E-state index in [1.807, 2.05) is 51.1 Å². The molecule has 0 heterocycles. The normalized spacial score (nSPS) is 13.1. The fourth-order valence-corrected chi connectivity index (χ4v) is 1.28. The quantitative estimate of drug-likeness (QED) is 0.572. The van der Waals surface area contributed by atoms with Crippen LogP contribution in [0.4, 0.5) is 0 Å². The molecule has 100 valence electrons. The van der Waals surface area contributed by atoms with Gasteiger partial charge in [0.05, 0.1) is 12.0 Å². The smallest absolute Gasteiger partial charge is 0.313 e. The summed E-state index contributed by atoms with van der Waals surface area (Å²) in [6.45, 7) is 7.91. The van der Waals surface area contributed by atoms with Crippen molar-refractivity contribution in [3.63, 3.8) is 0 Å². The van der Waals surface area contributed by atoms with Gasteiger partial charge in [0.2, 0.25) is 6.29 Å². The predicted octanol–water partition coefficient (Wildman–Crippen LogP) is 3.53. The van der Waals surface area contributed by atoms with Gasteiger partial charge in [0.25, 0.3) is 0 Å². The summed E-state index contributed by atoms with van der Waals surface area (Å²) in [4.78, 5) is 11.8. The Morgan fingerprint density at radius 2 is 1.89 bits per heavy atom. The number of rotatable bonds is 6. The lowest BCUT2D eigenvalue weighted by Gasteiger charge is -2.23. The topological polar surface area (TPSA) is 35.5 Å². The van der Waals surface area contributed by atoms with Crippen molar-refractivity contribution in [2.45, 2.75) is 47.0 Å². The Hall–Kier alpha value is -1.35. The minimum absolute atomic E-state index is 0.217. The summed E-state index contributed by atoms with van der Waals surface area (Å²) < 4.78 is 10.8. The molecule has 0 radical (unpaired) electrons. The Labute approximate surface area is 109 Å². The molecular weight excluding hydrogens is 228 g/mol. The first-order valence-corrected chi connectivity index (χ1v) is 6.32. The number of esters is 1. The Kier molecular flexibility index (Phi) is 5.35. The zero-order valence-corrected chi connectivity index (χ0v) is 11.6. The zero-order chi connectivity index (χ0) is 13.6. The molecule has 1 unspecified atom stereocenters. The molecule has 0 spiro atoms. The molecule has 0 N–H and O–H groups in total. The second kappa shape index (κ2) is 6.55. The third-order valence-electron chi connectivity index (χ3n) is 3.04. The fourth-order valence-electron chi connectivity index (χ4n) is 1.28. The van der Waals surface area contributed by atoms with Gasteiger partial charge in [-0.05, 0) is 32.8 Å². The lowest BCUT2D eigenvalue weighted by molar-refractivity contribution is -0.187. The average molecular weight is 250 g/mol. The molecule has 0 fully saturated rings. The lowest BCUT2D eigenvalue weighted by atomic mass is 9.91. The van der Waals surface area contributed by atoms with E-state index in [9.17, 15) is 4.79 Å². The van der Waals surface area contributed by atoms with Crippen molar-refractivity contribution in [3.8, 4) is 0 Å². The third kappa shape index (κ3) is 4.49. The first kappa shape index (κ1) is 14.7. The Morgan fingerprint density at radius 1 is 1.28 bits per heavy atom. The van der Waals surface area contributed by atoms with Crippen molar-refractivity contribution in [3.05, 3.63) is 35.9 Å². The standard InChI is InChI=1S/C15H22O3/c1-5-15(3,4)14(16)18-12(2)17-11-13-9-7-6-8-10-13/h6-10,12H,5,11H2,1-4H3. The second-order valence-electron chi connectivity index (χ2n) is 5.01. The highest BCUT2D eigenvalue weighted by Gasteiger charge is 2.28. The van der Waals surface area contributed by atoms with Gasteiger partial charge < -0.3 is 9.47 Å². The summed E-state index contributed by atoms with van der Waals surface area (Å²) in [7, 11) is 0. The molecule has 0 bridgehead atoms. The molecule has 0 aliphatic rings. The molecule has 1 aromatic carbocycles. The minimum atomic E-state index is -0.525. The van der Waals surface area contributed by atoms with Crippen LogP contribution >= 0.6 is 0 Å². The molecular formula is C15H22O3. The molecule has 0 aliphatic carbocycles. The summed E-state index contributed by atoms with van der Waals surface area (Å²) in [5.41, 5.74) is 0.611. The van der Waals surface area contributed by atoms with Crippen molar-refractivity contribution in [2.75, 3.05) is 0 Å². The molecule has 1 atom stereocenters. The van der Waals surface area contributed by atoms with Crippen LogP contribution in [0.15, 0.2) is 30.3 Å². The van der Waals surface area contributed by atoms with E-state index < -0.39 is 11.7 Å². The molecule has 18 heavy (non-hydrogen) atoms. The second-order valence-corrected chi connectivity index (χ2v) is 5.01. The van der Waals surface area contributed by atoms with Crippen LogP contribution in [0.3, 0.4) is 0 Å². The zero-order valence-electron chi connectivity index (χ0n) is 11.6. The lowest BCUT2D eigenvalue weighted by Crippen LogP contribution is -2.30. The van der Waals surface area contributed by atoms with Crippen LogP contribution in [-0.4, -0.2) is 12.3 Å². The largest absolute Gasteiger partial charge is 0.436 e. The third-order valence-corrected chi connectivity index (χ3v) is 3.04. The van der Waals surface area contributed by atoms with Gasteiger partial charge in [0, 0.05) is 0 Å². The maximum Gasteiger partial charge on any atom is 0.313 e. The van der Waals surface area contributed by atoms with Gasteiger partial charge in [-0.2, -0.15) is 0 Å². The van der Waals surface area contributed by atoms with E-state index in [1.54, 1.807) is 6.92 Å². The van der Waals surface area contributed by atoms with Crippen molar-refractivity contribution >= 4 is 5.97 Å². The monoisotopic (exact) mass is 250 g/mol. The Morgan fingerprint density at radius 3 is 2.44 bits per heavy atom. The van der Waals surface area contributed by atoms with Gasteiger partial charge in [-0.1, -0.05) is 37.3 Å². The van der Waals surface area contributed by atoms with E-state index in [-0.39, 0.29) is 5.97 Å². The van der Waals surface area contributed by atoms with Gasteiger partial charge in [0.1, 0.15) is 0 Å². The Balaban J connectivity index is 2.38. The molecule has 0 amide bonds. The predicted molar refractivity (Wildman–Crippen MR) is 70.9 cm³/mol. The van der Waals surface area contributed by atoms with Gasteiger partial charge in [-0.15, -0.1) is 0 Å². The fraction of sp³-hybridized carbons (Fsp3) is 0.533.